The number of ether oxygens (including phenoxy) is 2. The Hall–Kier alpha value is -1.22. The summed E-state index contributed by atoms with van der Waals surface area (Å²) in [7, 11) is 2.16. The molecule has 0 amide bonds. The first-order valence-corrected chi connectivity index (χ1v) is 6.67. The zero-order valence-electron chi connectivity index (χ0n) is 11.8. The Labute approximate surface area is 110 Å². The summed E-state index contributed by atoms with van der Waals surface area (Å²) in [5.74, 6) is 1.79. The van der Waals surface area contributed by atoms with Crippen LogP contribution in [0.15, 0.2) is 12.1 Å². The molecule has 0 bridgehead atoms. The first-order chi connectivity index (χ1) is 8.58. The molecule has 0 aliphatic carbocycles. The fraction of sp³-hybridized carbons (Fsp3) is 0.600. The standard InChI is InChI=1S/C15H23NO2/c1-11(2)16(4)6-5-13-10-15-14(9-12(13)3)17-7-8-18-15/h9-11H,5-8H2,1-4H3. The van der Waals surface area contributed by atoms with Crippen LogP contribution in [-0.4, -0.2) is 37.7 Å². The summed E-state index contributed by atoms with van der Waals surface area (Å²) < 4.78 is 11.2. The molecule has 3 heteroatoms. The van der Waals surface area contributed by atoms with Crippen molar-refractivity contribution in [1.29, 1.82) is 0 Å². The molecular weight excluding hydrogens is 226 g/mol. The van der Waals surface area contributed by atoms with E-state index in [4.69, 9.17) is 9.47 Å². The lowest BCUT2D eigenvalue weighted by Crippen LogP contribution is -2.28. The lowest BCUT2D eigenvalue weighted by molar-refractivity contribution is 0.171. The highest BCUT2D eigenvalue weighted by molar-refractivity contribution is 5.47. The van der Waals surface area contributed by atoms with Gasteiger partial charge < -0.3 is 14.4 Å². The molecule has 0 spiro atoms. The van der Waals surface area contributed by atoms with Crippen LogP contribution in [0.4, 0.5) is 0 Å². The van der Waals surface area contributed by atoms with Gasteiger partial charge in [0.15, 0.2) is 11.5 Å². The van der Waals surface area contributed by atoms with Crippen molar-refractivity contribution in [1.82, 2.24) is 4.90 Å². The van der Waals surface area contributed by atoms with E-state index in [-0.39, 0.29) is 0 Å². The molecule has 1 aromatic rings. The van der Waals surface area contributed by atoms with E-state index in [0.717, 1.165) is 24.5 Å². The highest BCUT2D eigenvalue weighted by atomic mass is 16.6. The molecule has 0 saturated carbocycles. The minimum Gasteiger partial charge on any atom is -0.486 e. The minimum absolute atomic E-state index is 0.586. The van der Waals surface area contributed by atoms with Gasteiger partial charge in [0.2, 0.25) is 0 Å². The lowest BCUT2D eigenvalue weighted by Gasteiger charge is -2.23. The Morgan fingerprint density at radius 2 is 1.78 bits per heavy atom. The Balaban J connectivity index is 2.08. The van der Waals surface area contributed by atoms with Crippen LogP contribution in [0.2, 0.25) is 0 Å². The number of hydrogen-bond acceptors (Lipinski definition) is 3. The molecule has 0 saturated heterocycles. The van der Waals surface area contributed by atoms with Gasteiger partial charge in [0.25, 0.3) is 0 Å². The molecule has 18 heavy (non-hydrogen) atoms. The number of fused-ring (bicyclic) bond motifs is 1. The summed E-state index contributed by atoms with van der Waals surface area (Å²) in [6.45, 7) is 8.96. The summed E-state index contributed by atoms with van der Waals surface area (Å²) in [5, 5.41) is 0. The number of benzene rings is 1. The molecule has 0 unspecified atom stereocenters. The van der Waals surface area contributed by atoms with Crippen LogP contribution in [0, 0.1) is 6.92 Å². The summed E-state index contributed by atoms with van der Waals surface area (Å²) in [6.07, 6.45) is 1.05. The van der Waals surface area contributed by atoms with E-state index >= 15 is 0 Å². The molecule has 0 atom stereocenters. The maximum Gasteiger partial charge on any atom is 0.161 e. The van der Waals surface area contributed by atoms with E-state index in [2.05, 4.69) is 44.9 Å². The van der Waals surface area contributed by atoms with Gasteiger partial charge in [-0.3, -0.25) is 0 Å². The molecule has 0 N–H and O–H groups in total. The van der Waals surface area contributed by atoms with E-state index in [0.29, 0.717) is 19.3 Å². The lowest BCUT2D eigenvalue weighted by atomic mass is 10.0. The van der Waals surface area contributed by atoms with Crippen molar-refractivity contribution < 1.29 is 9.47 Å². The monoisotopic (exact) mass is 249 g/mol. The van der Waals surface area contributed by atoms with Crippen LogP contribution in [0.25, 0.3) is 0 Å². The maximum atomic E-state index is 5.63. The normalized spacial score (nSPS) is 14.3. The van der Waals surface area contributed by atoms with Crippen molar-refractivity contribution in [2.75, 3.05) is 26.8 Å². The second-order valence-corrected chi connectivity index (χ2v) is 5.25. The Bertz CT molecular complexity index is 415. The zero-order chi connectivity index (χ0) is 13.1. The molecular formula is C15H23NO2. The fourth-order valence-electron chi connectivity index (χ4n) is 2.06. The Morgan fingerprint density at radius 3 is 2.39 bits per heavy atom. The van der Waals surface area contributed by atoms with Crippen molar-refractivity contribution in [3.05, 3.63) is 23.3 Å². The average Bonchev–Trinajstić information content (AvgIpc) is 2.35. The third-order valence-electron chi connectivity index (χ3n) is 3.62. The highest BCUT2D eigenvalue weighted by Gasteiger charge is 2.14. The van der Waals surface area contributed by atoms with Crippen molar-refractivity contribution in [3.63, 3.8) is 0 Å². The summed E-state index contributed by atoms with van der Waals surface area (Å²) in [6, 6.07) is 4.82. The van der Waals surface area contributed by atoms with Crippen LogP contribution in [0.1, 0.15) is 25.0 Å². The SMILES string of the molecule is Cc1cc2c(cc1CCN(C)C(C)C)OCCO2. The second kappa shape index (κ2) is 5.61. The van der Waals surface area contributed by atoms with Gasteiger partial charge in [-0.05, 0) is 57.5 Å². The van der Waals surface area contributed by atoms with E-state index in [1.807, 2.05) is 0 Å². The third-order valence-corrected chi connectivity index (χ3v) is 3.62. The Kier molecular flexibility index (Phi) is 4.12. The first kappa shape index (κ1) is 13.2. The number of likely N-dealkylation sites (N-methyl/N-ethyl adjacent to an activating group) is 1. The zero-order valence-corrected chi connectivity index (χ0v) is 11.8. The van der Waals surface area contributed by atoms with Crippen LogP contribution in [0.5, 0.6) is 11.5 Å². The third kappa shape index (κ3) is 2.96. The molecule has 0 aromatic heterocycles. The van der Waals surface area contributed by atoms with Crippen LogP contribution < -0.4 is 9.47 Å². The molecule has 1 heterocycles. The molecule has 1 aliphatic heterocycles. The van der Waals surface area contributed by atoms with E-state index in [1.165, 1.54) is 11.1 Å². The number of aryl methyl sites for hydroxylation is 1. The van der Waals surface area contributed by atoms with Gasteiger partial charge in [0, 0.05) is 12.6 Å². The highest BCUT2D eigenvalue weighted by Crippen LogP contribution is 2.33. The van der Waals surface area contributed by atoms with Gasteiger partial charge in [0.1, 0.15) is 13.2 Å². The Morgan fingerprint density at radius 1 is 1.17 bits per heavy atom. The molecule has 1 aromatic carbocycles. The predicted octanol–water partition coefficient (Wildman–Crippen LogP) is 2.65. The molecule has 100 valence electrons. The van der Waals surface area contributed by atoms with E-state index < -0.39 is 0 Å². The van der Waals surface area contributed by atoms with Crippen molar-refractivity contribution in [2.24, 2.45) is 0 Å². The van der Waals surface area contributed by atoms with Gasteiger partial charge in [-0.25, -0.2) is 0 Å². The largest absolute Gasteiger partial charge is 0.486 e. The topological polar surface area (TPSA) is 21.7 Å². The van der Waals surface area contributed by atoms with Gasteiger partial charge in [-0.1, -0.05) is 0 Å². The number of nitrogens with zero attached hydrogens (tertiary/aromatic N) is 1. The smallest absolute Gasteiger partial charge is 0.161 e. The summed E-state index contributed by atoms with van der Waals surface area (Å²) in [4.78, 5) is 2.36. The van der Waals surface area contributed by atoms with Gasteiger partial charge in [-0.2, -0.15) is 0 Å². The van der Waals surface area contributed by atoms with Gasteiger partial charge in [0.05, 0.1) is 0 Å². The van der Waals surface area contributed by atoms with Crippen LogP contribution >= 0.6 is 0 Å². The van der Waals surface area contributed by atoms with Crippen LogP contribution in [0.3, 0.4) is 0 Å². The number of rotatable bonds is 4. The van der Waals surface area contributed by atoms with E-state index in [1.54, 1.807) is 0 Å². The maximum absolute atomic E-state index is 5.63. The number of hydrogen-bond donors (Lipinski definition) is 0. The van der Waals surface area contributed by atoms with Crippen LogP contribution in [-0.2, 0) is 6.42 Å². The van der Waals surface area contributed by atoms with Gasteiger partial charge >= 0.3 is 0 Å². The van der Waals surface area contributed by atoms with Gasteiger partial charge in [-0.15, -0.1) is 0 Å². The quantitative estimate of drug-likeness (QED) is 0.819. The minimum atomic E-state index is 0.586. The first-order valence-electron chi connectivity index (χ1n) is 6.67. The molecule has 3 nitrogen and oxygen atoms in total. The van der Waals surface area contributed by atoms with Crippen molar-refractivity contribution >= 4 is 0 Å². The molecule has 1 aliphatic rings. The molecule has 0 fully saturated rings. The predicted molar refractivity (Wildman–Crippen MR) is 73.6 cm³/mol. The van der Waals surface area contributed by atoms with Crippen molar-refractivity contribution in [3.8, 4) is 11.5 Å². The molecule has 0 radical (unpaired) electrons. The van der Waals surface area contributed by atoms with E-state index in [9.17, 15) is 0 Å². The summed E-state index contributed by atoms with van der Waals surface area (Å²) in [5.41, 5.74) is 2.64. The van der Waals surface area contributed by atoms with Crippen molar-refractivity contribution in [2.45, 2.75) is 33.2 Å². The summed E-state index contributed by atoms with van der Waals surface area (Å²) >= 11 is 0. The second-order valence-electron chi connectivity index (χ2n) is 5.25. The fourth-order valence-corrected chi connectivity index (χ4v) is 2.06. The average molecular weight is 249 g/mol. The molecule has 2 rings (SSSR count).